The Bertz CT molecular complexity index is 3040. The minimum Gasteiger partial charge on any atom is -0.497 e. The Morgan fingerprint density at radius 2 is 1.26 bits per heavy atom. The number of nitrogens with zero attached hydrogens (tertiary/aromatic N) is 11. The number of methoxy groups -OCH3 is 2. The van der Waals surface area contributed by atoms with E-state index < -0.39 is 9.23 Å². The molecule has 70 heavy (non-hydrogen) atoms. The molecule has 0 unspecified atom stereocenters. The van der Waals surface area contributed by atoms with E-state index in [1.807, 2.05) is 85.7 Å². The van der Waals surface area contributed by atoms with Gasteiger partial charge >= 0.3 is 29.6 Å². The second kappa shape index (κ2) is 32.7. The molecule has 358 valence electrons. The minimum atomic E-state index is -1.67. The molecular formula is C44H42Cl3N14NaO7S. The van der Waals surface area contributed by atoms with Gasteiger partial charge in [-0.3, -0.25) is 34.6 Å². The molecule has 26 heteroatoms. The quantitative estimate of drug-likeness (QED) is 0.0592. The van der Waals surface area contributed by atoms with Crippen LogP contribution in [0.1, 0.15) is 17.4 Å². The molecule has 0 spiro atoms. The van der Waals surface area contributed by atoms with E-state index in [4.69, 9.17) is 41.1 Å². The molecule has 9 aromatic rings. The Balaban J connectivity index is 0.000000297. The Labute approximate surface area is 438 Å². The van der Waals surface area contributed by atoms with Crippen LogP contribution < -0.4 is 60.4 Å². The number of halogens is 3. The van der Waals surface area contributed by atoms with Crippen LogP contribution in [0.2, 0.25) is 5.02 Å². The van der Waals surface area contributed by atoms with Gasteiger partial charge in [0.05, 0.1) is 54.7 Å². The number of aromatic nitrogens is 10. The summed E-state index contributed by atoms with van der Waals surface area (Å²) in [5.41, 5.74) is 13.3. The van der Waals surface area contributed by atoms with Gasteiger partial charge in [0.15, 0.2) is 5.78 Å². The summed E-state index contributed by atoms with van der Waals surface area (Å²) in [5, 5.41) is 34.5. The van der Waals surface area contributed by atoms with Crippen LogP contribution in [0.4, 0.5) is 22.7 Å². The number of aromatic amines is 1. The molecule has 0 fully saturated rings. The van der Waals surface area contributed by atoms with E-state index in [0.29, 0.717) is 33.0 Å². The van der Waals surface area contributed by atoms with E-state index in [-0.39, 0.29) is 40.8 Å². The van der Waals surface area contributed by atoms with Gasteiger partial charge in [-0.15, -0.1) is 15.5 Å². The number of rotatable bonds is 6. The molecule has 7 heterocycles. The van der Waals surface area contributed by atoms with E-state index in [1.54, 1.807) is 75.5 Å². The monoisotopic (exact) mass is 1040 g/mol. The van der Waals surface area contributed by atoms with Crippen molar-refractivity contribution in [2.24, 2.45) is 5.34 Å². The van der Waals surface area contributed by atoms with Crippen molar-refractivity contribution < 1.29 is 48.0 Å². The van der Waals surface area contributed by atoms with Crippen molar-refractivity contribution in [3.63, 3.8) is 0 Å². The minimum absolute atomic E-state index is 0. The Morgan fingerprint density at radius 1 is 0.771 bits per heavy atom. The number of ketones is 1. The standard InChI is InChI=1S/C15H14N4O.C8H11NO.C7H4ClN3.C7H5N3O.C7H8N2O.Cl2OS.HNO2.Na/c1-19(11-5-7-12(20-2)8-6-11)14-10-17-18-13-4-3-9-16-15(13)14;1-9-7-3-5-8(10-2)6-4-7;8-5-4-10-11-6-2-1-3-9-7(5)6;11-6-4-9-10-5-2-1-3-8-7(5)6;1-5(10)7-6(8)3-2-4-9-7;1-4(2)3;2-1-3;/h3-10H,1-2H3;3-6,9H,1-2H3;1-4H;1-4H,(H,10,11);2-4H,8H2,1H3;;(H,2,3);/q;;;;;;;+1/p-1. The number of nitrogen functional groups attached to an aromatic ring is 1. The third-order valence-corrected chi connectivity index (χ3v) is 8.78. The van der Waals surface area contributed by atoms with Gasteiger partial charge in [0.25, 0.3) is 0 Å². The number of anilines is 4. The molecule has 4 N–H and O–H groups in total. The first kappa shape index (κ1) is 59.1. The summed E-state index contributed by atoms with van der Waals surface area (Å²) in [6, 6.07) is 29.9. The fraction of sp³-hybridized carbons (Fsp3) is 0.114. The van der Waals surface area contributed by atoms with E-state index in [2.05, 4.69) is 77.2 Å². The topological polar surface area (TPSA) is 295 Å². The van der Waals surface area contributed by atoms with Crippen LogP contribution >= 0.6 is 33.0 Å². The number of nitrogens with two attached hydrogens (primary N) is 1. The van der Waals surface area contributed by atoms with Crippen molar-refractivity contribution in [1.29, 1.82) is 0 Å². The smallest absolute Gasteiger partial charge is 0.497 e. The Hall–Kier alpha value is -7.05. The molecule has 0 aliphatic carbocycles. The molecule has 0 saturated carbocycles. The molecule has 7 aromatic heterocycles. The molecule has 0 bridgehead atoms. The molecule has 0 aliphatic heterocycles. The first-order valence-corrected chi connectivity index (χ1v) is 22.6. The molecule has 0 aliphatic rings. The van der Waals surface area contributed by atoms with Gasteiger partial charge in [-0.2, -0.15) is 15.3 Å². The van der Waals surface area contributed by atoms with E-state index in [0.717, 1.165) is 50.5 Å². The van der Waals surface area contributed by atoms with Gasteiger partial charge in [-0.25, -0.2) is 4.21 Å². The predicted molar refractivity (Wildman–Crippen MR) is 271 cm³/mol. The number of H-pyrrole nitrogens is 1. The Kier molecular flexibility index (Phi) is 27.6. The number of ether oxygens (including phenoxy) is 2. The molecule has 0 amide bonds. The molecule has 0 saturated heterocycles. The number of hydrogen-bond acceptors (Lipinski definition) is 20. The van der Waals surface area contributed by atoms with E-state index >= 15 is 0 Å². The zero-order valence-corrected chi connectivity index (χ0v) is 43.3. The molecule has 9 rings (SSSR count). The molecular weight excluding hydrogens is 998 g/mol. The van der Waals surface area contributed by atoms with Gasteiger partial charge in [0.1, 0.15) is 44.8 Å². The molecule has 0 atom stereocenters. The van der Waals surface area contributed by atoms with Crippen LogP contribution in [-0.2, 0) is 9.23 Å². The number of benzene rings is 2. The van der Waals surface area contributed by atoms with Gasteiger partial charge in [-0.05, 0) is 97.1 Å². The van der Waals surface area contributed by atoms with Gasteiger partial charge < -0.3 is 35.5 Å². The Morgan fingerprint density at radius 3 is 1.76 bits per heavy atom. The van der Waals surface area contributed by atoms with Gasteiger partial charge in [-0.1, -0.05) is 11.6 Å². The summed E-state index contributed by atoms with van der Waals surface area (Å²) < 4.78 is 19.2. The number of hydrogen-bond donors (Lipinski definition) is 3. The average Bonchev–Trinajstić information content (AvgIpc) is 3.37. The van der Waals surface area contributed by atoms with Crippen molar-refractivity contribution in [3.8, 4) is 11.5 Å². The SMILES string of the molecule is CC(=O)c1ncccc1N.CNc1ccc(OC)cc1.COc1ccc(N(C)c2cnnc3cccnc23)cc1.Clc1cnnc2cccnc12.O=N[O-].O=S(Cl)Cl.O=c1cn[nH]c2cccnc12.[Na+]. The molecule has 2 aromatic carbocycles. The van der Waals surface area contributed by atoms with Crippen LogP contribution in [0, 0.1) is 10.1 Å². The maximum Gasteiger partial charge on any atom is 1.00 e. The summed E-state index contributed by atoms with van der Waals surface area (Å²) in [5.74, 6) is 1.62. The summed E-state index contributed by atoms with van der Waals surface area (Å²) in [6.07, 6.45) is 11.0. The predicted octanol–water partition coefficient (Wildman–Crippen LogP) is 5.70. The van der Waals surface area contributed by atoms with Crippen molar-refractivity contribution in [3.05, 3.63) is 171 Å². The summed E-state index contributed by atoms with van der Waals surface area (Å²) >= 11 is 5.79. The van der Waals surface area contributed by atoms with Crippen molar-refractivity contribution in [2.45, 2.75) is 6.92 Å². The first-order chi connectivity index (χ1) is 33.3. The second-order valence-corrected chi connectivity index (χ2v) is 15.7. The third-order valence-electron chi connectivity index (χ3n) is 8.50. The van der Waals surface area contributed by atoms with E-state index in [1.165, 1.54) is 19.3 Å². The number of carbonyl (C=O) groups is 1. The van der Waals surface area contributed by atoms with Crippen molar-refractivity contribution in [1.82, 2.24) is 50.5 Å². The van der Waals surface area contributed by atoms with Gasteiger partial charge in [0, 0.05) is 78.5 Å². The first-order valence-electron chi connectivity index (χ1n) is 19.4. The summed E-state index contributed by atoms with van der Waals surface area (Å²) in [4.78, 5) is 47.9. The number of Topliss-reactive ketones (excluding diaryl/α,β-unsaturated/α-hetero) is 1. The number of carbonyl (C=O) groups excluding carboxylic acids is 1. The normalized spacial score (nSPS) is 9.50. The van der Waals surface area contributed by atoms with E-state index in [9.17, 15) is 9.59 Å². The van der Waals surface area contributed by atoms with Crippen molar-refractivity contribution in [2.75, 3.05) is 44.3 Å². The average molecular weight is 1040 g/mol. The van der Waals surface area contributed by atoms with Crippen LogP contribution in [0.5, 0.6) is 11.5 Å². The van der Waals surface area contributed by atoms with Crippen LogP contribution in [-0.4, -0.2) is 88.8 Å². The zero-order chi connectivity index (χ0) is 50.6. The third kappa shape index (κ3) is 19.9. The maximum absolute atomic E-state index is 11.0. The number of pyridine rings is 4. The molecule has 0 radical (unpaired) electrons. The fourth-order valence-electron chi connectivity index (χ4n) is 5.32. The number of fused-ring (bicyclic) bond motifs is 3. The summed E-state index contributed by atoms with van der Waals surface area (Å²) in [6.45, 7) is 1.44. The zero-order valence-electron chi connectivity index (χ0n) is 38.2. The van der Waals surface area contributed by atoms with Crippen LogP contribution in [0.3, 0.4) is 0 Å². The largest absolute Gasteiger partial charge is 1.00 e. The van der Waals surface area contributed by atoms with Crippen LogP contribution in [0.25, 0.3) is 33.1 Å². The maximum atomic E-state index is 11.0. The van der Waals surface area contributed by atoms with Gasteiger partial charge in [0.2, 0.25) is 14.7 Å². The molecule has 21 nitrogen and oxygen atoms in total. The number of nitrogens with one attached hydrogen (secondary N) is 2. The summed E-state index contributed by atoms with van der Waals surface area (Å²) in [7, 11) is 14.5. The fourth-order valence-corrected chi connectivity index (χ4v) is 5.51. The van der Waals surface area contributed by atoms with Crippen LogP contribution in [0.15, 0.2) is 151 Å². The second-order valence-electron chi connectivity index (χ2n) is 12.8. The van der Waals surface area contributed by atoms with Crippen molar-refractivity contribution >= 4 is 104 Å².